The average Bonchev–Trinajstić information content (AvgIpc) is 1.80. The molecule has 0 aliphatic carbocycles. The lowest BCUT2D eigenvalue weighted by molar-refractivity contribution is -0.142. The summed E-state index contributed by atoms with van der Waals surface area (Å²) in [6.07, 6.45) is 0.243. The maximum absolute atomic E-state index is 9.75. The maximum Gasteiger partial charge on any atom is 0.329 e. The van der Waals surface area contributed by atoms with E-state index in [1.54, 1.807) is 0 Å². The molecule has 1 N–H and O–H groups in total. The summed E-state index contributed by atoms with van der Waals surface area (Å²) in [4.78, 5) is 9.75. The van der Waals surface area contributed by atoms with E-state index < -0.39 is 5.97 Å². The summed E-state index contributed by atoms with van der Waals surface area (Å²) in [6.45, 7) is -0.121. The highest BCUT2D eigenvalue weighted by molar-refractivity contribution is 5.67. The van der Waals surface area contributed by atoms with Crippen LogP contribution < -0.4 is 0 Å². The van der Waals surface area contributed by atoms with Crippen molar-refractivity contribution < 1.29 is 14.6 Å². The van der Waals surface area contributed by atoms with Crippen molar-refractivity contribution in [2.75, 3.05) is 13.2 Å². The Bertz CT molecular complexity index is 127. The molecular weight excluding hydrogens is 122 g/mol. The van der Waals surface area contributed by atoms with E-state index in [2.05, 4.69) is 4.74 Å². The van der Waals surface area contributed by atoms with Crippen LogP contribution >= 0.6 is 0 Å². The smallest absolute Gasteiger partial charge is 0.329 e. The molecule has 9 heavy (non-hydrogen) atoms. The number of nitriles is 1. The van der Waals surface area contributed by atoms with Gasteiger partial charge in [-0.3, -0.25) is 0 Å². The Balaban J connectivity index is 2.94. The van der Waals surface area contributed by atoms with Gasteiger partial charge in [0.15, 0.2) is 0 Å². The highest BCUT2D eigenvalue weighted by Crippen LogP contribution is 1.78. The first-order chi connectivity index (χ1) is 4.27. The van der Waals surface area contributed by atoms with Crippen LogP contribution in [0.25, 0.3) is 0 Å². The van der Waals surface area contributed by atoms with Crippen LogP contribution in [-0.4, -0.2) is 24.3 Å². The molecule has 0 fully saturated rings. The summed E-state index contributed by atoms with van der Waals surface area (Å²) < 4.78 is 4.51. The minimum Gasteiger partial charge on any atom is -0.480 e. The summed E-state index contributed by atoms with van der Waals surface area (Å²) in [6, 6.07) is 1.82. The van der Waals surface area contributed by atoms with Crippen molar-refractivity contribution in [3.63, 3.8) is 0 Å². The summed E-state index contributed by atoms with van der Waals surface area (Å²) >= 11 is 0. The molecule has 0 bridgehead atoms. The van der Waals surface area contributed by atoms with Gasteiger partial charge in [0.05, 0.1) is 19.1 Å². The van der Waals surface area contributed by atoms with Gasteiger partial charge in [-0.2, -0.15) is 5.26 Å². The number of ether oxygens (including phenoxy) is 1. The predicted molar refractivity (Wildman–Crippen MR) is 28.7 cm³/mol. The predicted octanol–water partition coefficient (Wildman–Crippen LogP) is 0.00128. The van der Waals surface area contributed by atoms with Crippen molar-refractivity contribution in [1.82, 2.24) is 0 Å². The second kappa shape index (κ2) is 5.06. The minimum absolute atomic E-state index is 0.197. The van der Waals surface area contributed by atoms with Gasteiger partial charge in [-0.25, -0.2) is 4.79 Å². The van der Waals surface area contributed by atoms with Crippen molar-refractivity contribution in [2.24, 2.45) is 0 Å². The molecule has 0 amide bonds. The standard InChI is InChI=1S/C5H7NO3/c6-2-1-3-9-4-5(7)8/h1,3-4H2,(H,7,8). The first kappa shape index (κ1) is 7.92. The summed E-state index contributed by atoms with van der Waals surface area (Å²) in [7, 11) is 0. The molecule has 0 spiro atoms. The van der Waals surface area contributed by atoms with Crippen LogP contribution in [0.15, 0.2) is 0 Å². The zero-order chi connectivity index (χ0) is 7.11. The van der Waals surface area contributed by atoms with E-state index in [1.165, 1.54) is 0 Å². The van der Waals surface area contributed by atoms with Crippen LogP contribution in [0.1, 0.15) is 6.42 Å². The van der Waals surface area contributed by atoms with E-state index in [9.17, 15) is 4.79 Å². The van der Waals surface area contributed by atoms with Crippen LogP contribution in [0.2, 0.25) is 0 Å². The number of rotatable bonds is 4. The largest absolute Gasteiger partial charge is 0.480 e. The fraction of sp³-hybridized carbons (Fsp3) is 0.600. The molecule has 0 rings (SSSR count). The lowest BCUT2D eigenvalue weighted by Gasteiger charge is -1.93. The molecule has 0 aromatic rings. The summed E-state index contributed by atoms with van der Waals surface area (Å²) in [5.41, 5.74) is 0. The number of aliphatic carboxylic acids is 1. The van der Waals surface area contributed by atoms with Gasteiger partial charge in [-0.05, 0) is 0 Å². The third-order valence-electron chi connectivity index (χ3n) is 0.584. The second-order valence-electron chi connectivity index (χ2n) is 1.35. The highest BCUT2D eigenvalue weighted by Gasteiger charge is 1.93. The van der Waals surface area contributed by atoms with E-state index >= 15 is 0 Å². The van der Waals surface area contributed by atoms with Crippen molar-refractivity contribution in [1.29, 1.82) is 5.26 Å². The van der Waals surface area contributed by atoms with Gasteiger partial charge in [0.2, 0.25) is 0 Å². The number of hydrogen-bond donors (Lipinski definition) is 1. The van der Waals surface area contributed by atoms with Crippen LogP contribution in [0, 0.1) is 11.3 Å². The number of carbonyl (C=O) groups is 1. The molecule has 0 radical (unpaired) electrons. The number of carboxylic acid groups (broad SMARTS) is 1. The molecule has 0 aliphatic heterocycles. The monoisotopic (exact) mass is 129 g/mol. The molecule has 0 atom stereocenters. The van der Waals surface area contributed by atoms with Crippen molar-refractivity contribution in [3.8, 4) is 6.07 Å². The van der Waals surface area contributed by atoms with E-state index in [1.807, 2.05) is 6.07 Å². The molecule has 0 saturated carbocycles. The van der Waals surface area contributed by atoms with Crippen LogP contribution in [0.4, 0.5) is 0 Å². The molecule has 0 aromatic carbocycles. The van der Waals surface area contributed by atoms with Gasteiger partial charge >= 0.3 is 5.97 Å². The Morgan fingerprint density at radius 2 is 2.44 bits per heavy atom. The van der Waals surface area contributed by atoms with Crippen LogP contribution in [0.3, 0.4) is 0 Å². The van der Waals surface area contributed by atoms with Crippen LogP contribution in [-0.2, 0) is 9.53 Å². The van der Waals surface area contributed by atoms with Gasteiger partial charge in [-0.15, -0.1) is 0 Å². The molecule has 4 heteroatoms. The maximum atomic E-state index is 9.75. The second-order valence-corrected chi connectivity index (χ2v) is 1.35. The lowest BCUT2D eigenvalue weighted by atomic mass is 10.5. The fourth-order valence-corrected chi connectivity index (χ4v) is 0.277. The highest BCUT2D eigenvalue weighted by atomic mass is 16.5. The molecule has 4 nitrogen and oxygen atoms in total. The quantitative estimate of drug-likeness (QED) is 0.542. The topological polar surface area (TPSA) is 70.3 Å². The Morgan fingerprint density at radius 3 is 2.89 bits per heavy atom. The van der Waals surface area contributed by atoms with Gasteiger partial charge in [0.1, 0.15) is 6.61 Å². The fourth-order valence-electron chi connectivity index (χ4n) is 0.277. The van der Waals surface area contributed by atoms with Gasteiger partial charge in [-0.1, -0.05) is 0 Å². The Hall–Kier alpha value is -1.08. The van der Waals surface area contributed by atoms with Gasteiger partial charge < -0.3 is 9.84 Å². The normalized spacial score (nSPS) is 8.33. The average molecular weight is 129 g/mol. The first-order valence-electron chi connectivity index (χ1n) is 2.44. The van der Waals surface area contributed by atoms with Gasteiger partial charge in [0.25, 0.3) is 0 Å². The third-order valence-corrected chi connectivity index (χ3v) is 0.584. The molecule has 0 heterocycles. The Labute approximate surface area is 52.7 Å². The summed E-state index contributed by atoms with van der Waals surface area (Å²) in [5, 5.41) is 16.0. The van der Waals surface area contributed by atoms with Crippen LogP contribution in [0.5, 0.6) is 0 Å². The van der Waals surface area contributed by atoms with E-state index in [4.69, 9.17) is 10.4 Å². The molecular formula is C5H7NO3. The molecule has 0 aromatic heterocycles. The van der Waals surface area contributed by atoms with Crippen molar-refractivity contribution >= 4 is 5.97 Å². The van der Waals surface area contributed by atoms with E-state index in [0.29, 0.717) is 0 Å². The Morgan fingerprint density at radius 1 is 1.78 bits per heavy atom. The number of nitrogens with zero attached hydrogens (tertiary/aromatic N) is 1. The zero-order valence-corrected chi connectivity index (χ0v) is 4.83. The molecule has 0 saturated heterocycles. The first-order valence-corrected chi connectivity index (χ1v) is 2.44. The van der Waals surface area contributed by atoms with E-state index in [-0.39, 0.29) is 19.6 Å². The van der Waals surface area contributed by atoms with Gasteiger partial charge in [0, 0.05) is 0 Å². The molecule has 50 valence electrons. The van der Waals surface area contributed by atoms with Crippen molar-refractivity contribution in [2.45, 2.75) is 6.42 Å². The Kier molecular flexibility index (Phi) is 4.46. The van der Waals surface area contributed by atoms with E-state index in [0.717, 1.165) is 0 Å². The lowest BCUT2D eigenvalue weighted by Crippen LogP contribution is -2.07. The SMILES string of the molecule is N#CCCOCC(=O)O. The zero-order valence-electron chi connectivity index (χ0n) is 4.83. The summed E-state index contributed by atoms with van der Waals surface area (Å²) in [5.74, 6) is -1.01. The molecule has 0 unspecified atom stereocenters. The minimum atomic E-state index is -1.01. The van der Waals surface area contributed by atoms with Crippen molar-refractivity contribution in [3.05, 3.63) is 0 Å². The molecule has 0 aliphatic rings. The number of carboxylic acids is 1. The number of hydrogen-bond acceptors (Lipinski definition) is 3. The third kappa shape index (κ3) is 6.92.